The molecule has 16 heavy (non-hydrogen) atoms. The maximum Gasteiger partial charge on any atom is 0.0474 e. The number of methoxy groups -OCH3 is 1. The van der Waals surface area contributed by atoms with Crippen molar-refractivity contribution in [2.24, 2.45) is 5.41 Å². The molecular formula is C13H30N2O. The Morgan fingerprint density at radius 2 is 1.88 bits per heavy atom. The molecule has 0 rings (SSSR count). The maximum atomic E-state index is 5.04. The Hall–Kier alpha value is -0.120. The lowest BCUT2D eigenvalue weighted by atomic mass is 9.88. The van der Waals surface area contributed by atoms with Gasteiger partial charge in [-0.15, -0.1) is 0 Å². The van der Waals surface area contributed by atoms with Gasteiger partial charge in [0.05, 0.1) is 0 Å². The smallest absolute Gasteiger partial charge is 0.0474 e. The molecule has 0 spiro atoms. The van der Waals surface area contributed by atoms with E-state index in [-0.39, 0.29) is 0 Å². The fraction of sp³-hybridized carbons (Fsp3) is 1.00. The van der Waals surface area contributed by atoms with Crippen LogP contribution in [0.15, 0.2) is 0 Å². The quantitative estimate of drug-likeness (QED) is 0.645. The van der Waals surface area contributed by atoms with Gasteiger partial charge in [-0.05, 0) is 25.8 Å². The lowest BCUT2D eigenvalue weighted by molar-refractivity contribution is 0.178. The van der Waals surface area contributed by atoms with Crippen LogP contribution in [0.25, 0.3) is 0 Å². The Morgan fingerprint density at radius 1 is 1.25 bits per heavy atom. The third-order valence-corrected chi connectivity index (χ3v) is 3.13. The summed E-state index contributed by atoms with van der Waals surface area (Å²) in [6, 6.07) is 0.555. The number of rotatable bonds is 8. The molecule has 0 aromatic heterocycles. The molecule has 0 aliphatic carbocycles. The van der Waals surface area contributed by atoms with Crippen molar-refractivity contribution in [2.45, 2.75) is 40.2 Å². The third kappa shape index (κ3) is 8.08. The van der Waals surface area contributed by atoms with Crippen molar-refractivity contribution >= 4 is 0 Å². The van der Waals surface area contributed by atoms with Gasteiger partial charge >= 0.3 is 0 Å². The molecule has 0 saturated carbocycles. The van der Waals surface area contributed by atoms with E-state index in [1.54, 1.807) is 7.11 Å². The molecule has 1 unspecified atom stereocenters. The Morgan fingerprint density at radius 3 is 2.38 bits per heavy atom. The van der Waals surface area contributed by atoms with E-state index in [4.69, 9.17) is 4.74 Å². The van der Waals surface area contributed by atoms with E-state index in [1.807, 2.05) is 0 Å². The highest BCUT2D eigenvalue weighted by molar-refractivity contribution is 4.76. The molecule has 98 valence electrons. The Balaban J connectivity index is 3.50. The monoisotopic (exact) mass is 230 g/mol. The van der Waals surface area contributed by atoms with Crippen molar-refractivity contribution in [1.82, 2.24) is 10.2 Å². The van der Waals surface area contributed by atoms with Gasteiger partial charge in [-0.2, -0.15) is 0 Å². The number of ether oxygens (including phenoxy) is 1. The zero-order valence-corrected chi connectivity index (χ0v) is 12.0. The second-order valence-corrected chi connectivity index (χ2v) is 5.69. The molecule has 0 fully saturated rings. The number of nitrogens with zero attached hydrogens (tertiary/aromatic N) is 1. The Labute approximate surface area is 102 Å². The molecule has 0 aromatic rings. The summed E-state index contributed by atoms with van der Waals surface area (Å²) >= 11 is 0. The normalized spacial score (nSPS) is 14.4. The van der Waals surface area contributed by atoms with Crippen molar-refractivity contribution in [3.63, 3.8) is 0 Å². The van der Waals surface area contributed by atoms with Crippen molar-refractivity contribution < 1.29 is 4.74 Å². The van der Waals surface area contributed by atoms with Gasteiger partial charge in [-0.1, -0.05) is 20.8 Å². The predicted octanol–water partition coefficient (Wildman–Crippen LogP) is 1.98. The van der Waals surface area contributed by atoms with Crippen molar-refractivity contribution in [1.29, 1.82) is 0 Å². The summed E-state index contributed by atoms with van der Waals surface area (Å²) in [6.45, 7) is 13.2. The fourth-order valence-electron chi connectivity index (χ4n) is 1.37. The molecule has 0 amide bonds. The van der Waals surface area contributed by atoms with Gasteiger partial charge in [-0.3, -0.25) is 0 Å². The minimum atomic E-state index is 0.342. The number of likely N-dealkylation sites (N-methyl/N-ethyl adjacent to an activating group) is 1. The minimum absolute atomic E-state index is 0.342. The van der Waals surface area contributed by atoms with Gasteiger partial charge in [0.25, 0.3) is 0 Å². The molecule has 1 N–H and O–H groups in total. The molecule has 1 atom stereocenters. The van der Waals surface area contributed by atoms with Crippen molar-refractivity contribution in [3.8, 4) is 0 Å². The molecular weight excluding hydrogens is 200 g/mol. The predicted molar refractivity (Wildman–Crippen MR) is 70.9 cm³/mol. The standard InChI is InChI=1S/C13H30N2O/c1-12(13(2,3)4)14-8-10-15(5)9-7-11-16-6/h12,14H,7-11H2,1-6H3. The second kappa shape index (κ2) is 8.04. The van der Waals surface area contributed by atoms with Gasteiger partial charge in [0.2, 0.25) is 0 Å². The highest BCUT2D eigenvalue weighted by Gasteiger charge is 2.18. The molecule has 0 saturated heterocycles. The largest absolute Gasteiger partial charge is 0.385 e. The van der Waals surface area contributed by atoms with E-state index >= 15 is 0 Å². The topological polar surface area (TPSA) is 24.5 Å². The maximum absolute atomic E-state index is 5.04. The van der Waals surface area contributed by atoms with Crippen LogP contribution in [-0.2, 0) is 4.74 Å². The summed E-state index contributed by atoms with van der Waals surface area (Å²) in [5.41, 5.74) is 0.342. The average Bonchev–Trinajstić information content (AvgIpc) is 2.16. The van der Waals surface area contributed by atoms with Gasteiger partial charge < -0.3 is 15.0 Å². The van der Waals surface area contributed by atoms with Crippen LogP contribution in [0.5, 0.6) is 0 Å². The first-order valence-corrected chi connectivity index (χ1v) is 6.28. The van der Waals surface area contributed by atoms with E-state index in [2.05, 4.69) is 45.0 Å². The second-order valence-electron chi connectivity index (χ2n) is 5.69. The van der Waals surface area contributed by atoms with Gasteiger partial charge in [0, 0.05) is 39.4 Å². The molecule has 0 aliphatic rings. The van der Waals surface area contributed by atoms with Crippen LogP contribution >= 0.6 is 0 Å². The van der Waals surface area contributed by atoms with Gasteiger partial charge in [0.1, 0.15) is 0 Å². The van der Waals surface area contributed by atoms with Crippen LogP contribution in [0.4, 0.5) is 0 Å². The Kier molecular flexibility index (Phi) is 7.98. The van der Waals surface area contributed by atoms with Crippen LogP contribution in [-0.4, -0.2) is 51.3 Å². The van der Waals surface area contributed by atoms with E-state index in [0.717, 1.165) is 32.7 Å². The molecule has 0 aromatic carbocycles. The van der Waals surface area contributed by atoms with E-state index in [0.29, 0.717) is 11.5 Å². The summed E-state index contributed by atoms with van der Waals surface area (Å²) in [6.07, 6.45) is 1.11. The first-order valence-electron chi connectivity index (χ1n) is 6.28. The van der Waals surface area contributed by atoms with Crippen LogP contribution < -0.4 is 5.32 Å². The average molecular weight is 230 g/mol. The fourth-order valence-corrected chi connectivity index (χ4v) is 1.37. The molecule has 0 heterocycles. The van der Waals surface area contributed by atoms with Crippen molar-refractivity contribution in [3.05, 3.63) is 0 Å². The lowest BCUT2D eigenvalue weighted by Gasteiger charge is -2.29. The first kappa shape index (κ1) is 15.9. The first-order chi connectivity index (χ1) is 7.38. The van der Waals surface area contributed by atoms with E-state index < -0.39 is 0 Å². The molecule has 0 radical (unpaired) electrons. The zero-order chi connectivity index (χ0) is 12.6. The Bertz CT molecular complexity index is 166. The highest BCUT2D eigenvalue weighted by atomic mass is 16.5. The van der Waals surface area contributed by atoms with Crippen LogP contribution in [0.1, 0.15) is 34.1 Å². The van der Waals surface area contributed by atoms with Crippen LogP contribution in [0, 0.1) is 5.41 Å². The van der Waals surface area contributed by atoms with E-state index in [1.165, 1.54) is 0 Å². The van der Waals surface area contributed by atoms with E-state index in [9.17, 15) is 0 Å². The summed E-state index contributed by atoms with van der Waals surface area (Å²) in [4.78, 5) is 2.35. The summed E-state index contributed by atoms with van der Waals surface area (Å²) < 4.78 is 5.04. The molecule has 3 heteroatoms. The lowest BCUT2D eigenvalue weighted by Crippen LogP contribution is -2.41. The molecule has 0 aliphatic heterocycles. The minimum Gasteiger partial charge on any atom is -0.385 e. The highest BCUT2D eigenvalue weighted by Crippen LogP contribution is 2.17. The number of hydrogen-bond acceptors (Lipinski definition) is 3. The summed E-state index contributed by atoms with van der Waals surface area (Å²) in [5, 5.41) is 3.57. The van der Waals surface area contributed by atoms with Crippen LogP contribution in [0.3, 0.4) is 0 Å². The van der Waals surface area contributed by atoms with Crippen molar-refractivity contribution in [2.75, 3.05) is 40.4 Å². The molecule has 0 bridgehead atoms. The molecule has 3 nitrogen and oxygen atoms in total. The van der Waals surface area contributed by atoms with Gasteiger partial charge in [-0.25, -0.2) is 0 Å². The number of nitrogens with one attached hydrogen (secondary N) is 1. The SMILES string of the molecule is COCCCN(C)CCNC(C)C(C)(C)C. The summed E-state index contributed by atoms with van der Waals surface area (Å²) in [5.74, 6) is 0. The van der Waals surface area contributed by atoms with Gasteiger partial charge in [0.15, 0.2) is 0 Å². The third-order valence-electron chi connectivity index (χ3n) is 3.13. The number of hydrogen-bond donors (Lipinski definition) is 1. The van der Waals surface area contributed by atoms with Crippen LogP contribution in [0.2, 0.25) is 0 Å². The summed E-state index contributed by atoms with van der Waals surface area (Å²) in [7, 11) is 3.92. The zero-order valence-electron chi connectivity index (χ0n) is 12.0.